The average Bonchev–Trinajstić information content (AvgIpc) is 3.15. The zero-order valence-electron chi connectivity index (χ0n) is 13.5. The highest BCUT2D eigenvalue weighted by atomic mass is 16.5. The number of aryl methyl sites for hydroxylation is 1. The maximum atomic E-state index is 5.56. The molecule has 120 valence electrons. The van der Waals surface area contributed by atoms with E-state index in [1.54, 1.807) is 12.3 Å². The van der Waals surface area contributed by atoms with Gasteiger partial charge in [0.15, 0.2) is 0 Å². The zero-order chi connectivity index (χ0) is 16.5. The van der Waals surface area contributed by atoms with Crippen molar-refractivity contribution in [3.05, 3.63) is 72.1 Å². The van der Waals surface area contributed by atoms with Gasteiger partial charge in [-0.1, -0.05) is 35.5 Å². The van der Waals surface area contributed by atoms with Crippen LogP contribution >= 0.6 is 0 Å². The molecule has 0 saturated carbocycles. The predicted octanol–water partition coefficient (Wildman–Crippen LogP) is 3.98. The van der Waals surface area contributed by atoms with Gasteiger partial charge in [0.1, 0.15) is 18.6 Å². The summed E-state index contributed by atoms with van der Waals surface area (Å²) in [5, 5.41) is 3.35. The molecule has 3 aromatic rings. The van der Waals surface area contributed by atoms with E-state index in [0.29, 0.717) is 13.2 Å². The number of benzene rings is 2. The second-order valence-corrected chi connectivity index (χ2v) is 5.10. The molecule has 1 aromatic heterocycles. The lowest BCUT2D eigenvalue weighted by Gasteiger charge is -2.11. The fourth-order valence-electron chi connectivity index (χ4n) is 2.17. The highest BCUT2D eigenvalue weighted by Gasteiger charge is 2.04. The second-order valence-electron chi connectivity index (χ2n) is 5.10. The minimum absolute atomic E-state index is 0.535. The van der Waals surface area contributed by atoms with Crippen LogP contribution in [0.15, 0.2) is 65.5 Å². The first kappa shape index (κ1) is 16.8. The van der Waals surface area contributed by atoms with Gasteiger partial charge in [-0.3, -0.25) is 0 Å². The minimum atomic E-state index is 0.535. The minimum Gasteiger partial charge on any atom is -0.492 e. The first-order valence-corrected chi connectivity index (χ1v) is 7.56. The Morgan fingerprint density at radius 3 is 2.57 bits per heavy atom. The van der Waals surface area contributed by atoms with Crippen molar-refractivity contribution >= 4 is 0 Å². The molecule has 3 rings (SSSR count). The zero-order valence-corrected chi connectivity index (χ0v) is 13.5. The average molecular weight is 310 g/mol. The van der Waals surface area contributed by atoms with E-state index in [1.807, 2.05) is 12.1 Å². The van der Waals surface area contributed by atoms with Gasteiger partial charge in [0.25, 0.3) is 0 Å². The van der Waals surface area contributed by atoms with Crippen molar-refractivity contribution in [3.8, 4) is 16.9 Å². The Kier molecular flexibility index (Phi) is 6.39. The summed E-state index contributed by atoms with van der Waals surface area (Å²) in [6.45, 7) is 5.37. The van der Waals surface area contributed by atoms with E-state index in [2.05, 4.69) is 53.9 Å². The fraction of sp³-hybridized carbons (Fsp3) is 0.211. The molecule has 0 fully saturated rings. The summed E-state index contributed by atoms with van der Waals surface area (Å²) in [7, 11) is 0. The van der Waals surface area contributed by atoms with Crippen molar-refractivity contribution in [1.82, 2.24) is 5.16 Å². The van der Waals surface area contributed by atoms with E-state index >= 15 is 0 Å². The molecule has 0 amide bonds. The number of hydrogen-bond acceptors (Lipinski definition) is 4. The summed E-state index contributed by atoms with van der Waals surface area (Å²) < 4.78 is 9.90. The third-order valence-corrected chi connectivity index (χ3v) is 3.48. The van der Waals surface area contributed by atoms with Crippen LogP contribution < -0.4 is 10.5 Å². The van der Waals surface area contributed by atoms with Gasteiger partial charge < -0.3 is 15.0 Å². The number of nitrogens with zero attached hydrogens (tertiary/aromatic N) is 1. The maximum Gasteiger partial charge on any atom is 0.123 e. The van der Waals surface area contributed by atoms with E-state index in [4.69, 9.17) is 10.5 Å². The van der Waals surface area contributed by atoms with Crippen LogP contribution in [-0.2, 0) is 0 Å². The van der Waals surface area contributed by atoms with E-state index in [9.17, 15) is 0 Å². The molecule has 0 atom stereocenters. The summed E-state index contributed by atoms with van der Waals surface area (Å²) in [5.41, 5.74) is 10.5. The van der Waals surface area contributed by atoms with Crippen molar-refractivity contribution in [2.75, 3.05) is 13.2 Å². The lowest BCUT2D eigenvalue weighted by atomic mass is 9.97. The predicted molar refractivity (Wildman–Crippen MR) is 92.4 cm³/mol. The van der Waals surface area contributed by atoms with Crippen LogP contribution in [0.2, 0.25) is 0 Å². The third kappa shape index (κ3) is 4.97. The molecule has 0 saturated heterocycles. The smallest absolute Gasteiger partial charge is 0.123 e. The van der Waals surface area contributed by atoms with Gasteiger partial charge in [0.2, 0.25) is 0 Å². The van der Waals surface area contributed by atoms with Gasteiger partial charge in [-0.2, -0.15) is 0 Å². The Bertz CT molecular complexity index is 692. The van der Waals surface area contributed by atoms with Gasteiger partial charge in [-0.05, 0) is 54.3 Å². The monoisotopic (exact) mass is 310 g/mol. The normalized spacial score (nSPS) is 9.87. The summed E-state index contributed by atoms with van der Waals surface area (Å²) in [5.74, 6) is 0.874. The highest BCUT2D eigenvalue weighted by molar-refractivity contribution is 5.69. The lowest BCUT2D eigenvalue weighted by molar-refractivity contribution is 0.328. The standard InChI is InChI=1S/C16H19NO.C3H3NO/c1-12-5-3-8-16(13(12)2)14-6-4-7-15(11-14)18-10-9-17;1-2-4-5-3-1/h3-8,11H,9-10,17H2,1-2H3;1-3H. The van der Waals surface area contributed by atoms with Crippen molar-refractivity contribution in [2.24, 2.45) is 5.73 Å². The first-order chi connectivity index (χ1) is 11.2. The molecule has 0 aliphatic carbocycles. The Labute approximate surface area is 136 Å². The van der Waals surface area contributed by atoms with E-state index < -0.39 is 0 Å². The molecule has 2 N–H and O–H groups in total. The third-order valence-electron chi connectivity index (χ3n) is 3.48. The largest absolute Gasteiger partial charge is 0.492 e. The molecular weight excluding hydrogens is 288 g/mol. The molecule has 2 aromatic carbocycles. The van der Waals surface area contributed by atoms with Crippen molar-refractivity contribution in [2.45, 2.75) is 13.8 Å². The van der Waals surface area contributed by atoms with Crippen molar-refractivity contribution in [3.63, 3.8) is 0 Å². The number of rotatable bonds is 4. The van der Waals surface area contributed by atoms with Crippen LogP contribution in [0.25, 0.3) is 11.1 Å². The SMILES string of the molecule is Cc1cccc(-c2cccc(OCCN)c2)c1C.c1cnoc1. The van der Waals surface area contributed by atoms with Gasteiger partial charge in [0, 0.05) is 6.54 Å². The van der Waals surface area contributed by atoms with Gasteiger partial charge >= 0.3 is 0 Å². The summed E-state index contributed by atoms with van der Waals surface area (Å²) in [4.78, 5) is 0. The molecule has 0 radical (unpaired) electrons. The maximum absolute atomic E-state index is 5.56. The molecule has 4 nitrogen and oxygen atoms in total. The molecule has 4 heteroatoms. The molecular formula is C19H22N2O2. The van der Waals surface area contributed by atoms with Crippen LogP contribution in [0.4, 0.5) is 0 Å². The molecule has 0 spiro atoms. The van der Waals surface area contributed by atoms with Crippen LogP contribution in [0.1, 0.15) is 11.1 Å². The Morgan fingerprint density at radius 2 is 1.91 bits per heavy atom. The quantitative estimate of drug-likeness (QED) is 0.791. The number of ether oxygens (including phenoxy) is 1. The molecule has 0 bridgehead atoms. The highest BCUT2D eigenvalue weighted by Crippen LogP contribution is 2.28. The first-order valence-electron chi connectivity index (χ1n) is 7.56. The number of hydrogen-bond donors (Lipinski definition) is 1. The molecule has 0 aliphatic rings. The summed E-state index contributed by atoms with van der Waals surface area (Å²) in [6.07, 6.45) is 3.10. The van der Waals surface area contributed by atoms with E-state index in [1.165, 1.54) is 28.5 Å². The van der Waals surface area contributed by atoms with Crippen LogP contribution in [0.3, 0.4) is 0 Å². The molecule has 23 heavy (non-hydrogen) atoms. The van der Waals surface area contributed by atoms with Crippen molar-refractivity contribution < 1.29 is 9.26 Å². The van der Waals surface area contributed by atoms with Gasteiger partial charge in [0.05, 0.1) is 6.20 Å². The van der Waals surface area contributed by atoms with Gasteiger partial charge in [-0.25, -0.2) is 0 Å². The summed E-state index contributed by atoms with van der Waals surface area (Å²) >= 11 is 0. The fourth-order valence-corrected chi connectivity index (χ4v) is 2.17. The lowest BCUT2D eigenvalue weighted by Crippen LogP contribution is -2.10. The summed E-state index contributed by atoms with van der Waals surface area (Å²) in [6, 6.07) is 16.2. The Morgan fingerprint density at radius 1 is 1.09 bits per heavy atom. The van der Waals surface area contributed by atoms with Crippen LogP contribution in [0, 0.1) is 13.8 Å². The van der Waals surface area contributed by atoms with Crippen molar-refractivity contribution in [1.29, 1.82) is 0 Å². The topological polar surface area (TPSA) is 61.3 Å². The Hall–Kier alpha value is -2.59. The van der Waals surface area contributed by atoms with E-state index in [0.717, 1.165) is 5.75 Å². The second kappa shape index (κ2) is 8.76. The molecule has 0 unspecified atom stereocenters. The van der Waals surface area contributed by atoms with Crippen LogP contribution in [-0.4, -0.2) is 18.3 Å². The number of nitrogens with two attached hydrogens (primary N) is 1. The van der Waals surface area contributed by atoms with Gasteiger partial charge in [-0.15, -0.1) is 0 Å². The number of aromatic nitrogens is 1. The molecule has 1 heterocycles. The Balaban J connectivity index is 0.000000326. The van der Waals surface area contributed by atoms with E-state index in [-0.39, 0.29) is 0 Å². The molecule has 0 aliphatic heterocycles. The van der Waals surface area contributed by atoms with Crippen LogP contribution in [0.5, 0.6) is 5.75 Å².